The average molecular weight is 312 g/mol. The Morgan fingerprint density at radius 3 is 2.36 bits per heavy atom. The van der Waals surface area contributed by atoms with E-state index in [1.165, 1.54) is 0 Å². The Bertz CT molecular complexity index is 407. The van der Waals surface area contributed by atoms with Crippen molar-refractivity contribution in [1.82, 2.24) is 9.80 Å². The molecule has 0 bridgehead atoms. The monoisotopic (exact) mass is 312 g/mol. The van der Waals surface area contributed by atoms with Gasteiger partial charge in [0.15, 0.2) is 0 Å². The first-order chi connectivity index (χ1) is 10.4. The highest BCUT2D eigenvalue weighted by Crippen LogP contribution is 2.24. The van der Waals surface area contributed by atoms with Crippen LogP contribution < -0.4 is 0 Å². The second-order valence-electron chi connectivity index (χ2n) is 5.83. The van der Waals surface area contributed by atoms with Gasteiger partial charge in [-0.1, -0.05) is 0 Å². The Labute approximate surface area is 132 Å². The summed E-state index contributed by atoms with van der Waals surface area (Å²) in [6, 6.07) is -0.266. The van der Waals surface area contributed by atoms with Gasteiger partial charge in [0.25, 0.3) is 0 Å². The van der Waals surface area contributed by atoms with Crippen LogP contribution in [0.5, 0.6) is 0 Å². The number of aliphatic carboxylic acids is 1. The number of carbonyl (C=O) groups excluding carboxylic acids is 2. The van der Waals surface area contributed by atoms with Gasteiger partial charge in [-0.05, 0) is 40.0 Å². The third-order valence-corrected chi connectivity index (χ3v) is 4.52. The molecule has 0 aromatic carbocycles. The Hall–Kier alpha value is -1.59. The average Bonchev–Trinajstić information content (AvgIpc) is 2.48. The molecule has 6 nitrogen and oxygen atoms in total. The third-order valence-electron chi connectivity index (χ3n) is 4.52. The van der Waals surface area contributed by atoms with Gasteiger partial charge in [-0.25, -0.2) is 0 Å². The molecule has 0 aromatic rings. The number of carboxylic acid groups (broad SMARTS) is 1. The maximum Gasteiger partial charge on any atom is 0.308 e. The van der Waals surface area contributed by atoms with Crippen molar-refractivity contribution in [3.63, 3.8) is 0 Å². The molecule has 0 aliphatic carbocycles. The largest absolute Gasteiger partial charge is 0.481 e. The fourth-order valence-corrected chi connectivity index (χ4v) is 3.09. The number of amides is 2. The maximum atomic E-state index is 12.3. The predicted molar refractivity (Wildman–Crippen MR) is 83.3 cm³/mol. The van der Waals surface area contributed by atoms with Crippen LogP contribution in [0.3, 0.4) is 0 Å². The molecule has 2 atom stereocenters. The van der Waals surface area contributed by atoms with Crippen molar-refractivity contribution >= 4 is 17.8 Å². The number of rotatable bonds is 7. The summed E-state index contributed by atoms with van der Waals surface area (Å²) in [6.45, 7) is 7.67. The summed E-state index contributed by atoms with van der Waals surface area (Å²) < 4.78 is 0. The van der Waals surface area contributed by atoms with Crippen LogP contribution in [-0.2, 0) is 14.4 Å². The van der Waals surface area contributed by atoms with Crippen molar-refractivity contribution in [3.8, 4) is 0 Å². The van der Waals surface area contributed by atoms with Gasteiger partial charge in [0.05, 0.1) is 5.92 Å². The number of carboxylic acids is 1. The van der Waals surface area contributed by atoms with E-state index in [1.54, 1.807) is 16.7 Å². The quantitative estimate of drug-likeness (QED) is 0.776. The molecule has 1 rings (SSSR count). The van der Waals surface area contributed by atoms with Gasteiger partial charge in [0.1, 0.15) is 0 Å². The summed E-state index contributed by atoms with van der Waals surface area (Å²) in [5.41, 5.74) is 0. The summed E-state index contributed by atoms with van der Waals surface area (Å²) in [5, 5.41) is 9.18. The van der Waals surface area contributed by atoms with E-state index in [9.17, 15) is 19.5 Å². The van der Waals surface area contributed by atoms with Crippen molar-refractivity contribution < 1.29 is 19.5 Å². The Morgan fingerprint density at radius 2 is 1.82 bits per heavy atom. The Balaban J connectivity index is 2.45. The topological polar surface area (TPSA) is 77.9 Å². The van der Waals surface area contributed by atoms with Gasteiger partial charge in [0.2, 0.25) is 11.8 Å². The summed E-state index contributed by atoms with van der Waals surface area (Å²) in [7, 11) is 0. The summed E-state index contributed by atoms with van der Waals surface area (Å²) in [5.74, 6) is -1.27. The number of hydrogen-bond donors (Lipinski definition) is 1. The standard InChI is InChI=1S/C16H28N2O4/c1-4-17(5-2)14(19)9-6-10-15(20)18-11-7-8-13(12(18)3)16(21)22/h12-13H,4-11H2,1-3H3,(H,21,22)/t12-,13-/m0/s1. The first-order valence-corrected chi connectivity index (χ1v) is 8.22. The maximum absolute atomic E-state index is 12.3. The van der Waals surface area contributed by atoms with Crippen molar-refractivity contribution in [2.75, 3.05) is 19.6 Å². The second kappa shape index (κ2) is 8.76. The lowest BCUT2D eigenvalue weighted by Crippen LogP contribution is -2.49. The fourth-order valence-electron chi connectivity index (χ4n) is 3.09. The molecule has 0 saturated carbocycles. The van der Waals surface area contributed by atoms with E-state index in [-0.39, 0.29) is 17.9 Å². The molecule has 1 aliphatic rings. The molecule has 2 amide bonds. The van der Waals surface area contributed by atoms with Crippen LogP contribution in [-0.4, -0.2) is 58.4 Å². The zero-order valence-electron chi connectivity index (χ0n) is 13.9. The van der Waals surface area contributed by atoms with Crippen LogP contribution in [0.25, 0.3) is 0 Å². The number of carbonyl (C=O) groups is 3. The van der Waals surface area contributed by atoms with E-state index >= 15 is 0 Å². The molecule has 0 spiro atoms. The first-order valence-electron chi connectivity index (χ1n) is 8.22. The molecule has 0 aromatic heterocycles. The minimum absolute atomic E-state index is 0.0363. The molecule has 0 radical (unpaired) electrons. The fraction of sp³-hybridized carbons (Fsp3) is 0.812. The number of hydrogen-bond acceptors (Lipinski definition) is 3. The smallest absolute Gasteiger partial charge is 0.308 e. The predicted octanol–water partition coefficient (Wildman–Crippen LogP) is 1.74. The van der Waals surface area contributed by atoms with Crippen LogP contribution in [0.15, 0.2) is 0 Å². The zero-order valence-corrected chi connectivity index (χ0v) is 13.9. The highest BCUT2D eigenvalue weighted by Gasteiger charge is 2.34. The van der Waals surface area contributed by atoms with Gasteiger partial charge in [-0.2, -0.15) is 0 Å². The summed E-state index contributed by atoms with van der Waals surface area (Å²) >= 11 is 0. The lowest BCUT2D eigenvalue weighted by atomic mass is 9.90. The molecule has 1 fully saturated rings. The number of piperidine rings is 1. The van der Waals surface area contributed by atoms with E-state index in [4.69, 9.17) is 0 Å². The summed E-state index contributed by atoms with van der Waals surface area (Å²) in [4.78, 5) is 38.8. The van der Waals surface area contributed by atoms with Crippen LogP contribution in [0.1, 0.15) is 52.9 Å². The van der Waals surface area contributed by atoms with Crippen molar-refractivity contribution in [2.24, 2.45) is 5.92 Å². The normalized spacial score (nSPS) is 21.5. The molecule has 22 heavy (non-hydrogen) atoms. The molecular formula is C16H28N2O4. The SMILES string of the molecule is CCN(CC)C(=O)CCCC(=O)N1CCC[C@H](C(=O)O)[C@@H]1C. The van der Waals surface area contributed by atoms with Crippen LogP contribution in [0, 0.1) is 5.92 Å². The Morgan fingerprint density at radius 1 is 1.18 bits per heavy atom. The van der Waals surface area contributed by atoms with E-state index in [0.717, 1.165) is 6.42 Å². The molecule has 1 heterocycles. The number of likely N-dealkylation sites (tertiary alicyclic amines) is 1. The summed E-state index contributed by atoms with van der Waals surface area (Å²) in [6.07, 6.45) is 2.56. The zero-order chi connectivity index (χ0) is 16.7. The van der Waals surface area contributed by atoms with Crippen molar-refractivity contribution in [1.29, 1.82) is 0 Å². The van der Waals surface area contributed by atoms with E-state index in [0.29, 0.717) is 45.3 Å². The van der Waals surface area contributed by atoms with E-state index in [2.05, 4.69) is 0 Å². The van der Waals surface area contributed by atoms with Gasteiger partial charge in [0, 0.05) is 38.5 Å². The number of nitrogens with zero attached hydrogens (tertiary/aromatic N) is 2. The molecule has 6 heteroatoms. The third kappa shape index (κ3) is 4.71. The lowest BCUT2D eigenvalue weighted by Gasteiger charge is -2.37. The van der Waals surface area contributed by atoms with Crippen molar-refractivity contribution in [2.45, 2.75) is 58.9 Å². The first kappa shape index (κ1) is 18.5. The minimum Gasteiger partial charge on any atom is -0.481 e. The lowest BCUT2D eigenvalue weighted by molar-refractivity contribution is -0.149. The van der Waals surface area contributed by atoms with Crippen LogP contribution in [0.2, 0.25) is 0 Å². The molecule has 0 unspecified atom stereocenters. The van der Waals surface area contributed by atoms with Gasteiger partial charge >= 0.3 is 5.97 Å². The molecule has 1 saturated heterocycles. The molecule has 126 valence electrons. The van der Waals surface area contributed by atoms with Crippen LogP contribution >= 0.6 is 0 Å². The second-order valence-corrected chi connectivity index (χ2v) is 5.83. The van der Waals surface area contributed by atoms with Gasteiger partial charge in [-0.3, -0.25) is 14.4 Å². The molecule has 1 aliphatic heterocycles. The highest BCUT2D eigenvalue weighted by atomic mass is 16.4. The van der Waals surface area contributed by atoms with E-state index < -0.39 is 11.9 Å². The Kier molecular flexibility index (Phi) is 7.35. The minimum atomic E-state index is -0.832. The van der Waals surface area contributed by atoms with Crippen molar-refractivity contribution in [3.05, 3.63) is 0 Å². The van der Waals surface area contributed by atoms with E-state index in [1.807, 2.05) is 13.8 Å². The van der Waals surface area contributed by atoms with Gasteiger partial charge in [-0.15, -0.1) is 0 Å². The molecule has 1 N–H and O–H groups in total. The van der Waals surface area contributed by atoms with Gasteiger partial charge < -0.3 is 14.9 Å². The molecular weight excluding hydrogens is 284 g/mol. The van der Waals surface area contributed by atoms with Crippen LogP contribution in [0.4, 0.5) is 0 Å². The highest BCUT2D eigenvalue weighted by molar-refractivity contribution is 5.80.